The van der Waals surface area contributed by atoms with Crippen molar-refractivity contribution >= 4 is 39.0 Å². The maximum absolute atomic E-state index is 5.59. The van der Waals surface area contributed by atoms with E-state index < -0.39 is 0 Å². The Hall–Kier alpha value is -6.78. The van der Waals surface area contributed by atoms with Crippen LogP contribution < -0.4 is 4.90 Å². The number of fused-ring (bicyclic) bond motifs is 3. The molecule has 284 valence electrons. The Balaban J connectivity index is 1.34. The van der Waals surface area contributed by atoms with Crippen LogP contribution in [0.4, 0.5) is 17.2 Å². The van der Waals surface area contributed by atoms with E-state index in [2.05, 4.69) is 209 Å². The molecule has 4 nitrogen and oxygen atoms in total. The fourth-order valence-corrected chi connectivity index (χ4v) is 7.89. The topological polar surface area (TPSA) is 44.8 Å². The molecule has 0 aliphatic rings. The first kappa shape index (κ1) is 36.8. The van der Waals surface area contributed by atoms with Gasteiger partial charge in [-0.3, -0.25) is 4.90 Å². The second kappa shape index (κ2) is 14.6. The summed E-state index contributed by atoms with van der Waals surface area (Å²) in [5, 5.41) is 2.40. The lowest BCUT2D eigenvalue weighted by Crippen LogP contribution is -2.16. The van der Waals surface area contributed by atoms with Crippen LogP contribution in [0, 0.1) is 0 Å². The van der Waals surface area contributed by atoms with Gasteiger partial charge in [0.1, 0.15) is 5.82 Å². The summed E-state index contributed by atoms with van der Waals surface area (Å²) < 4.78 is 0. The number of H-pyrrole nitrogens is 1. The van der Waals surface area contributed by atoms with Gasteiger partial charge in [-0.2, -0.15) is 0 Å². The molecule has 3 heterocycles. The molecule has 3 aromatic heterocycles. The molecule has 0 aliphatic carbocycles. The largest absolute Gasteiger partial charge is 0.354 e. The van der Waals surface area contributed by atoms with Gasteiger partial charge in [-0.25, -0.2) is 9.97 Å². The summed E-state index contributed by atoms with van der Waals surface area (Å²) in [4.78, 5) is 16.4. The number of pyridine rings is 2. The summed E-state index contributed by atoms with van der Waals surface area (Å²) >= 11 is 0. The molecule has 0 atom stereocenters. The molecular weight excluding hydrogens is 705 g/mol. The summed E-state index contributed by atoms with van der Waals surface area (Å²) in [7, 11) is 0. The molecule has 0 amide bonds. The third kappa shape index (κ3) is 7.18. The van der Waals surface area contributed by atoms with Crippen molar-refractivity contribution in [1.82, 2.24) is 15.0 Å². The highest BCUT2D eigenvalue weighted by atomic mass is 15.2. The summed E-state index contributed by atoms with van der Waals surface area (Å²) in [5.74, 6) is 0.839. The third-order valence-electron chi connectivity index (χ3n) is 11.1. The Morgan fingerprint density at radius 1 is 0.448 bits per heavy atom. The van der Waals surface area contributed by atoms with Crippen LogP contribution in [0.5, 0.6) is 0 Å². The van der Waals surface area contributed by atoms with Gasteiger partial charge in [-0.05, 0) is 105 Å². The normalized spacial score (nSPS) is 12.0. The Bertz CT molecular complexity index is 2820. The van der Waals surface area contributed by atoms with E-state index in [0.717, 1.165) is 67.4 Å². The molecule has 9 aromatic rings. The molecule has 1 N–H and O–H groups in total. The Labute approximate surface area is 341 Å². The Morgan fingerprint density at radius 3 is 1.76 bits per heavy atom. The number of nitrogens with one attached hydrogen (secondary N) is 1. The smallest absolute Gasteiger partial charge is 0.137 e. The average molecular weight is 753 g/mol. The van der Waals surface area contributed by atoms with Gasteiger partial charge in [0, 0.05) is 45.0 Å². The lowest BCUT2D eigenvalue weighted by molar-refractivity contribution is 0.569. The Morgan fingerprint density at radius 2 is 1.05 bits per heavy atom. The number of aromatic amines is 1. The average Bonchev–Trinajstić information content (AvgIpc) is 3.63. The molecule has 0 bridgehead atoms. The zero-order valence-electron chi connectivity index (χ0n) is 34.1. The lowest BCUT2D eigenvalue weighted by Gasteiger charge is -2.27. The molecule has 4 heteroatoms. The van der Waals surface area contributed by atoms with Crippen molar-refractivity contribution < 1.29 is 0 Å². The lowest BCUT2D eigenvalue weighted by atomic mass is 9.79. The number of anilines is 3. The maximum atomic E-state index is 5.59. The molecule has 6 aromatic carbocycles. The fraction of sp³-hybridized carbons (Fsp3) is 0.148. The molecular formula is C54H48N4. The van der Waals surface area contributed by atoms with Crippen LogP contribution in [0.2, 0.25) is 0 Å². The standard InChI is InChI=1S/C54H48N4/c1-53(2,3)41-29-38(30-42(35-41)54(4,5)6)39-33-49(56-50(34-39)47-24-17-23-46-45-22-13-14-25-48(45)57-52(46)47)40-28-37(36-18-9-7-10-19-36)31-44(32-40)58(43-20-11-8-12-21-43)51-26-15-16-27-55-51/h7-35,57H,1-6H3. The van der Waals surface area contributed by atoms with Gasteiger partial charge in [-0.1, -0.05) is 151 Å². The van der Waals surface area contributed by atoms with E-state index in [1.807, 2.05) is 18.3 Å². The predicted molar refractivity (Wildman–Crippen MR) is 245 cm³/mol. The number of hydrogen-bond donors (Lipinski definition) is 1. The zero-order chi connectivity index (χ0) is 40.0. The van der Waals surface area contributed by atoms with Crippen LogP contribution in [0.3, 0.4) is 0 Å². The van der Waals surface area contributed by atoms with Crippen molar-refractivity contribution in [1.29, 1.82) is 0 Å². The van der Waals surface area contributed by atoms with Crippen LogP contribution in [0.1, 0.15) is 52.7 Å². The highest BCUT2D eigenvalue weighted by molar-refractivity contribution is 6.11. The van der Waals surface area contributed by atoms with Gasteiger partial charge < -0.3 is 4.98 Å². The van der Waals surface area contributed by atoms with E-state index >= 15 is 0 Å². The quantitative estimate of drug-likeness (QED) is 0.176. The summed E-state index contributed by atoms with van der Waals surface area (Å²) in [6.45, 7) is 13.8. The second-order valence-electron chi connectivity index (χ2n) is 17.3. The van der Waals surface area contributed by atoms with Gasteiger partial charge >= 0.3 is 0 Å². The zero-order valence-corrected chi connectivity index (χ0v) is 34.1. The van der Waals surface area contributed by atoms with Gasteiger partial charge in [0.2, 0.25) is 0 Å². The first-order valence-electron chi connectivity index (χ1n) is 20.2. The van der Waals surface area contributed by atoms with E-state index in [4.69, 9.17) is 9.97 Å². The fourth-order valence-electron chi connectivity index (χ4n) is 7.89. The highest BCUT2D eigenvalue weighted by Crippen LogP contribution is 2.42. The number of para-hydroxylation sites is 3. The van der Waals surface area contributed by atoms with E-state index in [1.54, 1.807) is 0 Å². The molecule has 0 aliphatic heterocycles. The van der Waals surface area contributed by atoms with Gasteiger partial charge in [0.25, 0.3) is 0 Å². The minimum atomic E-state index is -0.0318. The highest BCUT2D eigenvalue weighted by Gasteiger charge is 2.23. The Kier molecular flexibility index (Phi) is 9.29. The monoisotopic (exact) mass is 752 g/mol. The minimum absolute atomic E-state index is 0.0318. The van der Waals surface area contributed by atoms with E-state index in [0.29, 0.717) is 0 Å². The van der Waals surface area contributed by atoms with Crippen LogP contribution in [0.25, 0.3) is 66.6 Å². The van der Waals surface area contributed by atoms with Crippen molar-refractivity contribution in [2.45, 2.75) is 52.4 Å². The van der Waals surface area contributed by atoms with Crippen LogP contribution >= 0.6 is 0 Å². The van der Waals surface area contributed by atoms with Crippen LogP contribution in [-0.4, -0.2) is 15.0 Å². The number of rotatable bonds is 7. The van der Waals surface area contributed by atoms with E-state index in [9.17, 15) is 0 Å². The van der Waals surface area contributed by atoms with Crippen molar-refractivity contribution in [2.75, 3.05) is 4.90 Å². The summed E-state index contributed by atoms with van der Waals surface area (Å²) in [6.07, 6.45) is 1.85. The first-order chi connectivity index (χ1) is 28.0. The summed E-state index contributed by atoms with van der Waals surface area (Å²) in [5.41, 5.74) is 15.2. The number of hydrogen-bond acceptors (Lipinski definition) is 3. The van der Waals surface area contributed by atoms with Gasteiger partial charge in [-0.15, -0.1) is 0 Å². The third-order valence-corrected chi connectivity index (χ3v) is 11.1. The van der Waals surface area contributed by atoms with Crippen LogP contribution in [-0.2, 0) is 10.8 Å². The molecule has 0 radical (unpaired) electrons. The number of aromatic nitrogens is 3. The second-order valence-corrected chi connectivity index (χ2v) is 17.3. The predicted octanol–water partition coefficient (Wildman–Crippen LogP) is 14.8. The van der Waals surface area contributed by atoms with Crippen molar-refractivity contribution in [3.05, 3.63) is 187 Å². The number of benzene rings is 6. The maximum Gasteiger partial charge on any atom is 0.137 e. The van der Waals surface area contributed by atoms with Crippen LogP contribution in [0.15, 0.2) is 176 Å². The van der Waals surface area contributed by atoms with Crippen molar-refractivity contribution in [3.8, 4) is 44.8 Å². The first-order valence-corrected chi connectivity index (χ1v) is 20.2. The molecule has 9 rings (SSSR count). The molecule has 58 heavy (non-hydrogen) atoms. The summed E-state index contributed by atoms with van der Waals surface area (Å²) in [6, 6.07) is 60.8. The van der Waals surface area contributed by atoms with E-state index in [1.165, 1.54) is 27.5 Å². The molecule has 0 spiro atoms. The molecule has 0 fully saturated rings. The molecule has 0 saturated carbocycles. The molecule has 0 saturated heterocycles. The van der Waals surface area contributed by atoms with Crippen molar-refractivity contribution in [3.63, 3.8) is 0 Å². The van der Waals surface area contributed by atoms with Crippen molar-refractivity contribution in [2.24, 2.45) is 0 Å². The minimum Gasteiger partial charge on any atom is -0.354 e. The van der Waals surface area contributed by atoms with E-state index in [-0.39, 0.29) is 10.8 Å². The molecule has 0 unspecified atom stereocenters. The van der Waals surface area contributed by atoms with Gasteiger partial charge in [0.15, 0.2) is 0 Å². The SMILES string of the molecule is CC(C)(C)c1cc(-c2cc(-c3cc(-c4ccccc4)cc(N(c4ccccc4)c4ccccn4)c3)nc(-c3cccc4c3[nH]c3ccccc34)c2)cc(C(C)(C)C)c1. The number of nitrogens with zero attached hydrogens (tertiary/aromatic N) is 3. The van der Waals surface area contributed by atoms with Gasteiger partial charge in [0.05, 0.1) is 16.9 Å².